The van der Waals surface area contributed by atoms with E-state index >= 15 is 0 Å². The van der Waals surface area contributed by atoms with Crippen LogP contribution < -0.4 is 4.90 Å². The van der Waals surface area contributed by atoms with Gasteiger partial charge < -0.3 is 4.90 Å². The van der Waals surface area contributed by atoms with Crippen molar-refractivity contribution in [2.45, 2.75) is 12.8 Å². The van der Waals surface area contributed by atoms with Gasteiger partial charge in [0.25, 0.3) is 0 Å². The summed E-state index contributed by atoms with van der Waals surface area (Å²) < 4.78 is 2.60. The van der Waals surface area contributed by atoms with Gasteiger partial charge in [-0.25, -0.2) is 0 Å². The average molecular weight is 720 g/mol. The first-order valence-corrected chi connectivity index (χ1v) is 19.9. The van der Waals surface area contributed by atoms with E-state index in [0.29, 0.717) is 5.92 Å². The Morgan fingerprint density at radius 1 is 0.527 bits per heavy atom. The third kappa shape index (κ3) is 5.21. The zero-order valence-corrected chi connectivity index (χ0v) is 31.3. The zero-order valence-electron chi connectivity index (χ0n) is 30.5. The summed E-state index contributed by atoms with van der Waals surface area (Å²) in [6.45, 7) is 2.37. The highest BCUT2D eigenvalue weighted by Crippen LogP contribution is 2.51. The summed E-state index contributed by atoms with van der Waals surface area (Å²) in [4.78, 5) is 2.44. The molecule has 0 spiro atoms. The number of anilines is 3. The Bertz CT molecular complexity index is 3050. The summed E-state index contributed by atoms with van der Waals surface area (Å²) in [5, 5.41) is 7.74. The van der Waals surface area contributed by atoms with Gasteiger partial charge in [0.05, 0.1) is 5.69 Å². The first-order chi connectivity index (χ1) is 27.1. The van der Waals surface area contributed by atoms with Gasteiger partial charge in [0.1, 0.15) is 0 Å². The van der Waals surface area contributed by atoms with E-state index in [-0.39, 0.29) is 5.41 Å². The highest BCUT2D eigenvalue weighted by atomic mass is 32.1. The van der Waals surface area contributed by atoms with Gasteiger partial charge in [-0.3, -0.25) is 0 Å². The number of rotatable bonds is 5. The number of nitrogens with zero attached hydrogens (tertiary/aromatic N) is 1. The topological polar surface area (TPSA) is 3.24 Å². The van der Waals surface area contributed by atoms with Gasteiger partial charge in [-0.2, -0.15) is 0 Å². The molecule has 1 nitrogen and oxygen atoms in total. The summed E-state index contributed by atoms with van der Waals surface area (Å²) in [6.07, 6.45) is 12.0. The predicted octanol–water partition coefficient (Wildman–Crippen LogP) is 15.3. The molecule has 260 valence electrons. The van der Waals surface area contributed by atoms with E-state index in [1.165, 1.54) is 80.8 Å². The molecule has 2 atom stereocenters. The number of benzene rings is 8. The third-order valence-electron chi connectivity index (χ3n) is 11.9. The highest BCUT2D eigenvalue weighted by molar-refractivity contribution is 7.26. The molecule has 0 bridgehead atoms. The van der Waals surface area contributed by atoms with Gasteiger partial charge in [-0.05, 0) is 97.4 Å². The van der Waals surface area contributed by atoms with E-state index in [2.05, 4.69) is 212 Å². The summed E-state index contributed by atoms with van der Waals surface area (Å²) in [5.74, 6) is 0.299. The van der Waals surface area contributed by atoms with Crippen LogP contribution >= 0.6 is 11.3 Å². The van der Waals surface area contributed by atoms with Gasteiger partial charge in [0, 0.05) is 42.9 Å². The number of fused-ring (bicyclic) bond motifs is 9. The van der Waals surface area contributed by atoms with Crippen molar-refractivity contribution in [2.75, 3.05) is 4.90 Å². The van der Waals surface area contributed by atoms with Crippen LogP contribution in [0.1, 0.15) is 29.5 Å². The lowest BCUT2D eigenvalue weighted by Gasteiger charge is -2.38. The maximum absolute atomic E-state index is 2.48. The summed E-state index contributed by atoms with van der Waals surface area (Å²) >= 11 is 1.86. The quantitative estimate of drug-likeness (QED) is 0.171. The molecule has 1 heterocycles. The van der Waals surface area contributed by atoms with Crippen LogP contribution in [-0.4, -0.2) is 0 Å². The van der Waals surface area contributed by atoms with Crippen LogP contribution in [0.25, 0.3) is 64.5 Å². The van der Waals surface area contributed by atoms with Crippen LogP contribution in [0.5, 0.6) is 0 Å². The number of hydrogen-bond acceptors (Lipinski definition) is 2. The molecule has 1 aromatic heterocycles. The van der Waals surface area contributed by atoms with Crippen molar-refractivity contribution < 1.29 is 0 Å². The molecule has 0 N–H and O–H groups in total. The molecule has 0 fully saturated rings. The molecule has 2 heteroatoms. The standard InChI is InChI=1S/C53H37NS/c1-53-33-32-45-44-14-5-3-11-37(44)24-30-46(45)48(53)31-25-39(34-53)35-20-26-40(27-21-35)54(49-17-9-19-51-52(49)47-15-6-7-18-50(47)55-51)41-28-22-38(23-29-41)43-16-8-12-36-10-2-4-13-42(36)43/h2-34,48H,1H3. The normalized spacial score (nSPS) is 17.4. The molecule has 9 aromatic rings. The molecule has 0 radical (unpaired) electrons. The minimum absolute atomic E-state index is 0.105. The fourth-order valence-corrected chi connectivity index (χ4v) is 10.2. The van der Waals surface area contributed by atoms with E-state index in [0.717, 1.165) is 11.4 Å². The number of allylic oxidation sites excluding steroid dienone is 5. The average Bonchev–Trinajstić information content (AvgIpc) is 3.63. The van der Waals surface area contributed by atoms with Gasteiger partial charge in [-0.15, -0.1) is 11.3 Å². The second kappa shape index (κ2) is 12.6. The highest BCUT2D eigenvalue weighted by Gasteiger charge is 2.36. The molecule has 2 aliphatic rings. The molecule has 2 unspecified atom stereocenters. The van der Waals surface area contributed by atoms with E-state index in [9.17, 15) is 0 Å². The maximum Gasteiger partial charge on any atom is 0.0554 e. The molecule has 0 amide bonds. The van der Waals surface area contributed by atoms with Gasteiger partial charge in [-0.1, -0.05) is 165 Å². The molecule has 8 aromatic carbocycles. The number of thiophene rings is 1. The van der Waals surface area contributed by atoms with Crippen LogP contribution in [-0.2, 0) is 0 Å². The summed E-state index contributed by atoms with van der Waals surface area (Å²) in [6, 6.07) is 62.4. The smallest absolute Gasteiger partial charge is 0.0554 e. The molecular formula is C53H37NS. The fourth-order valence-electron chi connectivity index (χ4n) is 9.12. The lowest BCUT2D eigenvalue weighted by molar-refractivity contribution is 0.483. The van der Waals surface area contributed by atoms with E-state index in [1.807, 2.05) is 11.3 Å². The van der Waals surface area contributed by atoms with Crippen molar-refractivity contribution in [3.8, 4) is 11.1 Å². The Labute approximate surface area is 325 Å². The van der Waals surface area contributed by atoms with Crippen molar-refractivity contribution >= 4 is 81.8 Å². The lowest BCUT2D eigenvalue weighted by atomic mass is 9.65. The SMILES string of the molecule is CC12C=Cc3c(ccc4ccccc34)C1C=CC(c1ccc(N(c3ccc(-c4cccc5ccccc45)cc3)c3cccc4sc5ccccc5c34)cc1)=C2. The van der Waals surface area contributed by atoms with Crippen molar-refractivity contribution in [3.63, 3.8) is 0 Å². The first kappa shape index (κ1) is 32.0. The Balaban J connectivity index is 0.995. The largest absolute Gasteiger partial charge is 0.310 e. The minimum atomic E-state index is -0.105. The van der Waals surface area contributed by atoms with Crippen LogP contribution in [0.3, 0.4) is 0 Å². The molecule has 2 aliphatic carbocycles. The monoisotopic (exact) mass is 719 g/mol. The van der Waals surface area contributed by atoms with E-state index < -0.39 is 0 Å². The Kier molecular flexibility index (Phi) is 7.30. The zero-order chi connectivity index (χ0) is 36.5. The Hall–Kier alpha value is -6.48. The molecule has 0 saturated heterocycles. The molecule has 0 aliphatic heterocycles. The molecular weight excluding hydrogens is 683 g/mol. The van der Waals surface area contributed by atoms with Crippen LogP contribution in [0, 0.1) is 5.41 Å². The second-order valence-electron chi connectivity index (χ2n) is 15.1. The van der Waals surface area contributed by atoms with E-state index in [1.54, 1.807) is 0 Å². The summed E-state index contributed by atoms with van der Waals surface area (Å²) in [7, 11) is 0. The van der Waals surface area contributed by atoms with Crippen molar-refractivity contribution in [1.29, 1.82) is 0 Å². The third-order valence-corrected chi connectivity index (χ3v) is 13.0. The summed E-state index contributed by atoms with van der Waals surface area (Å²) in [5.41, 5.74) is 11.0. The first-order valence-electron chi connectivity index (χ1n) is 19.1. The van der Waals surface area contributed by atoms with Crippen LogP contribution in [0.4, 0.5) is 17.1 Å². The number of hydrogen-bond donors (Lipinski definition) is 0. The van der Waals surface area contributed by atoms with Gasteiger partial charge in [0.2, 0.25) is 0 Å². The van der Waals surface area contributed by atoms with Gasteiger partial charge in [0.15, 0.2) is 0 Å². The van der Waals surface area contributed by atoms with Gasteiger partial charge >= 0.3 is 0 Å². The molecule has 0 saturated carbocycles. The van der Waals surface area contributed by atoms with Crippen molar-refractivity contribution in [2.24, 2.45) is 5.41 Å². The predicted molar refractivity (Wildman–Crippen MR) is 238 cm³/mol. The fraction of sp³-hybridized carbons (Fsp3) is 0.0566. The van der Waals surface area contributed by atoms with Crippen molar-refractivity contribution in [3.05, 3.63) is 211 Å². The van der Waals surface area contributed by atoms with Crippen LogP contribution in [0.15, 0.2) is 194 Å². The molecule has 11 rings (SSSR count). The lowest BCUT2D eigenvalue weighted by Crippen LogP contribution is -2.25. The van der Waals surface area contributed by atoms with Crippen LogP contribution in [0.2, 0.25) is 0 Å². The maximum atomic E-state index is 2.48. The Morgan fingerprint density at radius 2 is 1.16 bits per heavy atom. The van der Waals surface area contributed by atoms with E-state index in [4.69, 9.17) is 0 Å². The minimum Gasteiger partial charge on any atom is -0.310 e. The molecule has 55 heavy (non-hydrogen) atoms. The Morgan fingerprint density at radius 3 is 1.96 bits per heavy atom. The van der Waals surface area contributed by atoms with Crippen molar-refractivity contribution in [1.82, 2.24) is 0 Å². The second-order valence-corrected chi connectivity index (χ2v) is 16.2.